The average Bonchev–Trinajstić information content (AvgIpc) is 2.97. The summed E-state index contributed by atoms with van der Waals surface area (Å²) < 4.78 is 26.0. The number of rotatable bonds is 5. The van der Waals surface area contributed by atoms with Gasteiger partial charge in [0, 0.05) is 38.3 Å². The van der Waals surface area contributed by atoms with Crippen LogP contribution in [0, 0.1) is 0 Å². The van der Waals surface area contributed by atoms with E-state index in [1.54, 1.807) is 0 Å². The number of hydrogen-bond donors (Lipinski definition) is 1. The van der Waals surface area contributed by atoms with E-state index in [0.29, 0.717) is 11.1 Å². The smallest absolute Gasteiger partial charge is 0.354 e. The SMILES string of the molecule is COC(=O)c1[nH]cc2c1[C@H](OC(C)=O)[C@@H](COC(C)=O)O[C@@H]2OC. The largest absolute Gasteiger partial charge is 0.464 e. The van der Waals surface area contributed by atoms with Crippen molar-refractivity contribution in [2.45, 2.75) is 32.3 Å². The molecule has 1 aromatic rings. The lowest BCUT2D eigenvalue weighted by molar-refractivity contribution is -0.219. The molecule has 1 aliphatic rings. The van der Waals surface area contributed by atoms with E-state index >= 15 is 0 Å². The van der Waals surface area contributed by atoms with Crippen LogP contribution >= 0.6 is 0 Å². The van der Waals surface area contributed by atoms with Gasteiger partial charge in [-0.25, -0.2) is 4.79 Å². The molecule has 0 bridgehead atoms. The molecule has 2 heterocycles. The second-order valence-corrected chi connectivity index (χ2v) is 5.10. The van der Waals surface area contributed by atoms with Gasteiger partial charge in [0.25, 0.3) is 0 Å². The lowest BCUT2D eigenvalue weighted by atomic mass is 9.96. The fraction of sp³-hybridized carbons (Fsp3) is 0.533. The molecule has 0 spiro atoms. The van der Waals surface area contributed by atoms with Gasteiger partial charge in [-0.05, 0) is 0 Å². The lowest BCUT2D eigenvalue weighted by Gasteiger charge is -2.35. The summed E-state index contributed by atoms with van der Waals surface area (Å²) in [4.78, 5) is 37.3. The molecule has 0 amide bonds. The Labute approximate surface area is 138 Å². The molecule has 0 fully saturated rings. The van der Waals surface area contributed by atoms with Crippen LogP contribution in [-0.4, -0.2) is 49.8 Å². The average molecular weight is 341 g/mol. The molecule has 0 unspecified atom stereocenters. The van der Waals surface area contributed by atoms with Crippen molar-refractivity contribution in [1.29, 1.82) is 0 Å². The molecule has 9 heteroatoms. The fourth-order valence-electron chi connectivity index (χ4n) is 2.53. The molecule has 3 atom stereocenters. The maximum atomic E-state index is 12.0. The molecular formula is C15H19NO8. The minimum Gasteiger partial charge on any atom is -0.464 e. The van der Waals surface area contributed by atoms with Gasteiger partial charge < -0.3 is 28.7 Å². The van der Waals surface area contributed by atoms with Crippen LogP contribution < -0.4 is 0 Å². The highest BCUT2D eigenvalue weighted by atomic mass is 16.7. The number of hydrogen-bond acceptors (Lipinski definition) is 8. The van der Waals surface area contributed by atoms with E-state index in [2.05, 4.69) is 4.98 Å². The van der Waals surface area contributed by atoms with Crippen molar-refractivity contribution in [2.75, 3.05) is 20.8 Å². The highest BCUT2D eigenvalue weighted by Gasteiger charge is 2.42. The second-order valence-electron chi connectivity index (χ2n) is 5.10. The van der Waals surface area contributed by atoms with Gasteiger partial charge >= 0.3 is 17.9 Å². The summed E-state index contributed by atoms with van der Waals surface area (Å²) in [7, 11) is 2.66. The standard InChI is InChI=1S/C15H19NO8/c1-7(17)22-6-10-13(23-8(2)18)11-9(15(21-4)24-10)5-16-12(11)14(19)20-3/h5,10,13,15-16H,6H2,1-4H3/t10-,13-,15+/m1/s1. The molecule has 132 valence electrons. The van der Waals surface area contributed by atoms with E-state index in [1.165, 1.54) is 34.3 Å². The van der Waals surface area contributed by atoms with E-state index in [-0.39, 0.29) is 12.3 Å². The van der Waals surface area contributed by atoms with Crippen molar-refractivity contribution >= 4 is 17.9 Å². The Hall–Kier alpha value is -2.39. The predicted octanol–water partition coefficient (Wildman–Crippen LogP) is 1.01. The zero-order valence-electron chi connectivity index (χ0n) is 13.8. The van der Waals surface area contributed by atoms with Crippen LogP contribution in [0.5, 0.6) is 0 Å². The maximum absolute atomic E-state index is 12.0. The first kappa shape index (κ1) is 18.0. The Morgan fingerprint density at radius 3 is 2.46 bits per heavy atom. The van der Waals surface area contributed by atoms with Crippen LogP contribution in [0.15, 0.2) is 6.20 Å². The molecule has 2 rings (SSSR count). The Balaban J connectivity index is 2.46. The molecule has 9 nitrogen and oxygen atoms in total. The molecule has 0 aromatic carbocycles. The summed E-state index contributed by atoms with van der Waals surface area (Å²) >= 11 is 0. The normalized spacial score (nSPS) is 22.4. The summed E-state index contributed by atoms with van der Waals surface area (Å²) in [5.74, 6) is -1.71. The molecule has 1 aromatic heterocycles. The predicted molar refractivity (Wildman–Crippen MR) is 77.9 cm³/mol. The second kappa shape index (κ2) is 7.45. The van der Waals surface area contributed by atoms with Crippen LogP contribution in [0.2, 0.25) is 0 Å². The van der Waals surface area contributed by atoms with E-state index < -0.39 is 36.4 Å². The van der Waals surface area contributed by atoms with Gasteiger partial charge in [0.1, 0.15) is 18.4 Å². The van der Waals surface area contributed by atoms with Crippen LogP contribution in [-0.2, 0) is 33.3 Å². The van der Waals surface area contributed by atoms with Crippen LogP contribution in [0.3, 0.4) is 0 Å². The number of H-pyrrole nitrogens is 1. The number of carbonyl (C=O) groups is 3. The number of carbonyl (C=O) groups excluding carboxylic acids is 3. The molecule has 0 aliphatic carbocycles. The van der Waals surface area contributed by atoms with Crippen molar-refractivity contribution in [1.82, 2.24) is 4.98 Å². The first-order valence-electron chi connectivity index (χ1n) is 7.17. The summed E-state index contributed by atoms with van der Waals surface area (Å²) in [5, 5.41) is 0. The van der Waals surface area contributed by atoms with Gasteiger partial charge in [-0.3, -0.25) is 9.59 Å². The van der Waals surface area contributed by atoms with Gasteiger partial charge in [-0.15, -0.1) is 0 Å². The van der Waals surface area contributed by atoms with Crippen molar-refractivity contribution in [3.63, 3.8) is 0 Å². The quantitative estimate of drug-likeness (QED) is 0.624. The summed E-state index contributed by atoms with van der Waals surface area (Å²) in [6.45, 7) is 2.31. The number of nitrogens with one attached hydrogen (secondary N) is 1. The molecule has 0 saturated carbocycles. The number of ether oxygens (including phenoxy) is 5. The molecular weight excluding hydrogens is 322 g/mol. The first-order chi connectivity index (χ1) is 11.4. The van der Waals surface area contributed by atoms with Gasteiger partial charge in [-0.2, -0.15) is 0 Å². The zero-order chi connectivity index (χ0) is 17.9. The van der Waals surface area contributed by atoms with E-state index in [0.717, 1.165) is 0 Å². The topological polar surface area (TPSA) is 113 Å². The van der Waals surface area contributed by atoms with E-state index in [4.69, 9.17) is 23.7 Å². The minimum absolute atomic E-state index is 0.122. The van der Waals surface area contributed by atoms with Crippen LogP contribution in [0.1, 0.15) is 47.9 Å². The zero-order valence-corrected chi connectivity index (χ0v) is 13.8. The third kappa shape index (κ3) is 3.57. The third-order valence-electron chi connectivity index (χ3n) is 3.47. The monoisotopic (exact) mass is 341 g/mol. The molecule has 0 radical (unpaired) electrons. The van der Waals surface area contributed by atoms with Crippen molar-refractivity contribution in [3.05, 3.63) is 23.0 Å². The number of fused-ring (bicyclic) bond motifs is 1. The number of aromatic amines is 1. The number of aromatic nitrogens is 1. The Kier molecular flexibility index (Phi) is 5.58. The Morgan fingerprint density at radius 2 is 1.92 bits per heavy atom. The van der Waals surface area contributed by atoms with Crippen molar-refractivity contribution < 1.29 is 38.1 Å². The van der Waals surface area contributed by atoms with Gasteiger partial charge in [0.05, 0.1) is 7.11 Å². The van der Waals surface area contributed by atoms with Crippen LogP contribution in [0.4, 0.5) is 0 Å². The highest BCUT2D eigenvalue weighted by Crippen LogP contribution is 2.41. The van der Waals surface area contributed by atoms with Crippen molar-refractivity contribution in [2.24, 2.45) is 0 Å². The third-order valence-corrected chi connectivity index (χ3v) is 3.47. The Morgan fingerprint density at radius 1 is 1.21 bits per heavy atom. The molecule has 1 aliphatic heterocycles. The highest BCUT2D eigenvalue weighted by molar-refractivity contribution is 5.90. The maximum Gasteiger partial charge on any atom is 0.354 e. The first-order valence-corrected chi connectivity index (χ1v) is 7.17. The summed E-state index contributed by atoms with van der Waals surface area (Å²) in [6.07, 6.45) is -1.09. The summed E-state index contributed by atoms with van der Waals surface area (Å²) in [6, 6.07) is 0. The van der Waals surface area contributed by atoms with E-state index in [1.807, 2.05) is 0 Å². The van der Waals surface area contributed by atoms with Crippen molar-refractivity contribution in [3.8, 4) is 0 Å². The summed E-state index contributed by atoms with van der Waals surface area (Å²) in [5.41, 5.74) is 1.01. The number of esters is 3. The van der Waals surface area contributed by atoms with Gasteiger partial charge in [0.2, 0.25) is 0 Å². The molecule has 0 saturated heterocycles. The minimum atomic E-state index is -0.955. The molecule has 24 heavy (non-hydrogen) atoms. The van der Waals surface area contributed by atoms with E-state index in [9.17, 15) is 14.4 Å². The van der Waals surface area contributed by atoms with Crippen LogP contribution in [0.25, 0.3) is 0 Å². The van der Waals surface area contributed by atoms with Gasteiger partial charge in [-0.1, -0.05) is 0 Å². The fourth-order valence-corrected chi connectivity index (χ4v) is 2.53. The Bertz CT molecular complexity index is 637. The lowest BCUT2D eigenvalue weighted by Crippen LogP contribution is -2.38. The van der Waals surface area contributed by atoms with Gasteiger partial charge in [0.15, 0.2) is 12.4 Å². The molecule has 1 N–H and O–H groups in total. The number of methoxy groups -OCH3 is 2.